The second-order valence-corrected chi connectivity index (χ2v) is 10.4. The predicted octanol–water partition coefficient (Wildman–Crippen LogP) is 4.88. The molecule has 3 nitrogen and oxygen atoms in total. The van der Waals surface area contributed by atoms with Crippen LogP contribution in [0.2, 0.25) is 19.6 Å². The summed E-state index contributed by atoms with van der Waals surface area (Å²) in [5, 5.41) is 8.97. The normalized spacial score (nSPS) is 11.7. The minimum atomic E-state index is -1.75. The van der Waals surface area contributed by atoms with Crippen molar-refractivity contribution in [3.63, 3.8) is 0 Å². The van der Waals surface area contributed by atoms with Crippen molar-refractivity contribution in [2.45, 2.75) is 25.7 Å². The number of rotatable bonds is 4. The first-order chi connectivity index (χ1) is 11.2. The smallest absolute Gasteiger partial charge is 0.186 e. The molecule has 24 heavy (non-hydrogen) atoms. The number of nitriles is 1. The molecule has 2 aromatic carbocycles. The number of aldehydes is 1. The summed E-state index contributed by atoms with van der Waals surface area (Å²) in [7, 11) is -1.75. The van der Waals surface area contributed by atoms with E-state index in [4.69, 9.17) is 9.69 Å². The third-order valence-electron chi connectivity index (χ3n) is 2.77. The SMILES string of the molecule is C[Si](C)(C)OC(C#N)c1ccc(F)cc1.O=Cc1ccc(F)cc1. The summed E-state index contributed by atoms with van der Waals surface area (Å²) in [5.41, 5.74) is 1.21. The maximum atomic E-state index is 12.7. The average Bonchev–Trinajstić information content (AvgIpc) is 2.54. The van der Waals surface area contributed by atoms with E-state index in [0.29, 0.717) is 17.4 Å². The van der Waals surface area contributed by atoms with Crippen LogP contribution in [0, 0.1) is 23.0 Å². The van der Waals surface area contributed by atoms with Crippen molar-refractivity contribution >= 4 is 14.6 Å². The molecule has 126 valence electrons. The van der Waals surface area contributed by atoms with Crippen LogP contribution in [0.25, 0.3) is 0 Å². The zero-order chi connectivity index (χ0) is 18.2. The van der Waals surface area contributed by atoms with Crippen molar-refractivity contribution in [2.75, 3.05) is 0 Å². The first-order valence-corrected chi connectivity index (χ1v) is 10.7. The van der Waals surface area contributed by atoms with Crippen LogP contribution in [0.5, 0.6) is 0 Å². The van der Waals surface area contributed by atoms with E-state index in [-0.39, 0.29) is 11.6 Å². The van der Waals surface area contributed by atoms with Gasteiger partial charge in [-0.3, -0.25) is 4.79 Å². The Labute approximate surface area is 141 Å². The van der Waals surface area contributed by atoms with Crippen LogP contribution in [0.15, 0.2) is 48.5 Å². The molecule has 2 rings (SSSR count). The number of carbonyl (C=O) groups is 1. The largest absolute Gasteiger partial charge is 0.399 e. The summed E-state index contributed by atoms with van der Waals surface area (Å²) in [6, 6.07) is 13.3. The van der Waals surface area contributed by atoms with Crippen molar-refractivity contribution < 1.29 is 18.0 Å². The molecule has 0 aliphatic carbocycles. The van der Waals surface area contributed by atoms with E-state index in [2.05, 4.69) is 6.07 Å². The molecule has 2 aromatic rings. The number of benzene rings is 2. The monoisotopic (exact) mass is 347 g/mol. The van der Waals surface area contributed by atoms with E-state index in [1.807, 2.05) is 19.6 Å². The molecule has 1 unspecified atom stereocenters. The number of hydrogen-bond acceptors (Lipinski definition) is 3. The molecule has 0 radical (unpaired) electrons. The number of halogens is 2. The third-order valence-corrected chi connectivity index (χ3v) is 3.71. The van der Waals surface area contributed by atoms with Gasteiger partial charge in [-0.25, -0.2) is 8.78 Å². The second-order valence-electron chi connectivity index (χ2n) is 5.96. The van der Waals surface area contributed by atoms with E-state index in [9.17, 15) is 13.6 Å². The summed E-state index contributed by atoms with van der Waals surface area (Å²) < 4.78 is 30.5. The Morgan fingerprint density at radius 2 is 1.46 bits per heavy atom. The van der Waals surface area contributed by atoms with Crippen molar-refractivity contribution in [2.24, 2.45) is 0 Å². The Morgan fingerprint density at radius 1 is 1.00 bits per heavy atom. The van der Waals surface area contributed by atoms with Crippen LogP contribution in [0.1, 0.15) is 22.0 Å². The van der Waals surface area contributed by atoms with Crippen LogP contribution < -0.4 is 0 Å². The first kappa shape index (κ1) is 19.7. The van der Waals surface area contributed by atoms with Gasteiger partial charge in [-0.1, -0.05) is 12.1 Å². The van der Waals surface area contributed by atoms with Gasteiger partial charge >= 0.3 is 0 Å². The van der Waals surface area contributed by atoms with E-state index in [1.165, 1.54) is 36.4 Å². The fourth-order valence-electron chi connectivity index (χ4n) is 1.70. The van der Waals surface area contributed by atoms with Crippen molar-refractivity contribution in [1.29, 1.82) is 5.26 Å². The molecule has 0 aliphatic heterocycles. The Hall–Kier alpha value is -2.36. The molecule has 0 saturated carbocycles. The molecule has 0 bridgehead atoms. The molecule has 0 amide bonds. The number of nitrogens with zero attached hydrogens (tertiary/aromatic N) is 1. The highest BCUT2D eigenvalue weighted by atomic mass is 28.4. The Bertz CT molecular complexity index is 689. The maximum absolute atomic E-state index is 12.7. The molecule has 6 heteroatoms. The summed E-state index contributed by atoms with van der Waals surface area (Å²) in [6.07, 6.45) is 0.0941. The third kappa shape index (κ3) is 7.27. The minimum Gasteiger partial charge on any atom is -0.399 e. The summed E-state index contributed by atoms with van der Waals surface area (Å²) in [6.45, 7) is 6.04. The van der Waals surface area contributed by atoms with Gasteiger partial charge in [-0.05, 0) is 61.6 Å². The highest BCUT2D eigenvalue weighted by molar-refractivity contribution is 6.69. The molecule has 0 aromatic heterocycles. The van der Waals surface area contributed by atoms with Gasteiger partial charge < -0.3 is 4.43 Å². The maximum Gasteiger partial charge on any atom is 0.186 e. The molecule has 0 saturated heterocycles. The highest BCUT2D eigenvalue weighted by Crippen LogP contribution is 2.21. The van der Waals surface area contributed by atoms with Gasteiger partial charge in [-0.15, -0.1) is 0 Å². The van der Waals surface area contributed by atoms with Gasteiger partial charge in [0.05, 0.1) is 6.07 Å². The molecule has 0 aliphatic rings. The predicted molar refractivity (Wildman–Crippen MR) is 91.0 cm³/mol. The van der Waals surface area contributed by atoms with Crippen LogP contribution in [-0.4, -0.2) is 14.6 Å². The fourth-order valence-corrected chi connectivity index (χ4v) is 2.60. The Balaban J connectivity index is 0.000000272. The average molecular weight is 347 g/mol. The molecule has 0 fully saturated rings. The summed E-state index contributed by atoms with van der Waals surface area (Å²) in [5.74, 6) is -0.621. The summed E-state index contributed by atoms with van der Waals surface area (Å²) >= 11 is 0. The zero-order valence-electron chi connectivity index (χ0n) is 13.8. The number of carbonyl (C=O) groups excluding carboxylic acids is 1. The quantitative estimate of drug-likeness (QED) is 0.585. The van der Waals surface area contributed by atoms with Gasteiger partial charge in [0.2, 0.25) is 0 Å². The van der Waals surface area contributed by atoms with Crippen molar-refractivity contribution in [1.82, 2.24) is 0 Å². The van der Waals surface area contributed by atoms with Crippen LogP contribution in [-0.2, 0) is 4.43 Å². The first-order valence-electron chi connectivity index (χ1n) is 7.29. The second kappa shape index (κ2) is 9.06. The Morgan fingerprint density at radius 3 is 1.83 bits per heavy atom. The number of hydrogen-bond donors (Lipinski definition) is 0. The van der Waals surface area contributed by atoms with Crippen molar-refractivity contribution in [3.05, 3.63) is 71.3 Å². The minimum absolute atomic E-state index is 0.302. The van der Waals surface area contributed by atoms with E-state index < -0.39 is 14.4 Å². The van der Waals surface area contributed by atoms with Gasteiger partial charge in [0, 0.05) is 5.56 Å². The molecule has 1 atom stereocenters. The lowest BCUT2D eigenvalue weighted by Gasteiger charge is -2.21. The van der Waals surface area contributed by atoms with Gasteiger partial charge in [0.1, 0.15) is 17.9 Å². The summed E-state index contributed by atoms with van der Waals surface area (Å²) in [4.78, 5) is 10.00. The van der Waals surface area contributed by atoms with E-state index in [0.717, 1.165) is 0 Å². The van der Waals surface area contributed by atoms with Gasteiger partial charge in [-0.2, -0.15) is 5.26 Å². The fraction of sp³-hybridized carbons (Fsp3) is 0.222. The van der Waals surface area contributed by atoms with Crippen LogP contribution in [0.3, 0.4) is 0 Å². The standard InChI is InChI=1S/C11H14FNOSi.C7H5FO/c1-15(2,3)14-11(8-13)9-4-6-10(12)7-5-9;8-7-3-1-6(5-9)2-4-7/h4-7,11H,1-3H3;1-5H. The van der Waals surface area contributed by atoms with Crippen molar-refractivity contribution in [3.8, 4) is 6.07 Å². The topological polar surface area (TPSA) is 50.1 Å². The lowest BCUT2D eigenvalue weighted by atomic mass is 10.1. The zero-order valence-corrected chi connectivity index (χ0v) is 14.8. The van der Waals surface area contributed by atoms with E-state index in [1.54, 1.807) is 12.1 Å². The lowest BCUT2D eigenvalue weighted by Crippen LogP contribution is -2.27. The van der Waals surface area contributed by atoms with Gasteiger partial charge in [0.25, 0.3) is 0 Å². The highest BCUT2D eigenvalue weighted by Gasteiger charge is 2.22. The van der Waals surface area contributed by atoms with Crippen LogP contribution in [0.4, 0.5) is 8.78 Å². The van der Waals surface area contributed by atoms with Crippen LogP contribution >= 0.6 is 0 Å². The lowest BCUT2D eigenvalue weighted by molar-refractivity contribution is 0.112. The Kier molecular flexibility index (Phi) is 7.43. The molecule has 0 heterocycles. The molecule has 0 N–H and O–H groups in total. The van der Waals surface area contributed by atoms with E-state index >= 15 is 0 Å². The molecular weight excluding hydrogens is 328 g/mol. The molecule has 0 spiro atoms. The molecular formula is C18H19F2NO2Si. The van der Waals surface area contributed by atoms with Gasteiger partial charge in [0.15, 0.2) is 14.4 Å².